The van der Waals surface area contributed by atoms with Gasteiger partial charge in [0.25, 0.3) is 0 Å². The molecule has 37 heavy (non-hydrogen) atoms. The zero-order valence-electron chi connectivity index (χ0n) is 20.5. The number of nitrogens with one attached hydrogen (secondary N) is 1. The van der Waals surface area contributed by atoms with Crippen LogP contribution in [0.2, 0.25) is 0 Å². The van der Waals surface area contributed by atoms with E-state index < -0.39 is 23.5 Å². The van der Waals surface area contributed by atoms with Gasteiger partial charge in [0.05, 0.1) is 12.7 Å². The van der Waals surface area contributed by atoms with E-state index in [1.807, 2.05) is 31.2 Å². The molecule has 3 aromatic carbocycles. The van der Waals surface area contributed by atoms with Gasteiger partial charge in [-0.2, -0.15) is 13.2 Å². The van der Waals surface area contributed by atoms with Crippen molar-refractivity contribution in [2.24, 2.45) is 0 Å². The minimum atomic E-state index is -4.63. The van der Waals surface area contributed by atoms with Crippen LogP contribution in [0.1, 0.15) is 36.6 Å². The van der Waals surface area contributed by atoms with Crippen LogP contribution in [-0.2, 0) is 11.0 Å². The highest BCUT2D eigenvalue weighted by molar-refractivity contribution is 5.91. The molecule has 0 aliphatic rings. The van der Waals surface area contributed by atoms with Crippen molar-refractivity contribution in [2.45, 2.75) is 26.1 Å². The summed E-state index contributed by atoms with van der Waals surface area (Å²) in [6.07, 6.45) is -3.50. The minimum Gasteiger partial charge on any atom is -0.497 e. The van der Waals surface area contributed by atoms with Crippen molar-refractivity contribution < 1.29 is 36.9 Å². The zero-order valence-corrected chi connectivity index (χ0v) is 20.5. The summed E-state index contributed by atoms with van der Waals surface area (Å²) in [6, 6.07) is 14.5. The van der Waals surface area contributed by atoms with Gasteiger partial charge in [0.15, 0.2) is 0 Å². The summed E-state index contributed by atoms with van der Waals surface area (Å²) in [5.41, 5.74) is 0.352. The molecule has 0 radical (unpaired) electrons. The second-order valence-corrected chi connectivity index (χ2v) is 8.41. The minimum absolute atomic E-state index is 0.00351. The van der Waals surface area contributed by atoms with E-state index in [1.165, 1.54) is 25.1 Å². The van der Waals surface area contributed by atoms with Crippen molar-refractivity contribution in [3.63, 3.8) is 0 Å². The number of carboxylic acids is 1. The van der Waals surface area contributed by atoms with Crippen LogP contribution >= 0.6 is 0 Å². The first-order valence-electron chi connectivity index (χ1n) is 11.4. The molecule has 0 spiro atoms. The number of alkyl halides is 3. The van der Waals surface area contributed by atoms with Gasteiger partial charge in [-0.15, -0.1) is 0 Å². The first-order chi connectivity index (χ1) is 17.5. The Bertz CT molecular complexity index is 1290. The molecule has 1 unspecified atom stereocenters. The Kier molecular flexibility index (Phi) is 8.94. The lowest BCUT2D eigenvalue weighted by Crippen LogP contribution is -2.24. The summed E-state index contributed by atoms with van der Waals surface area (Å²) < 4.78 is 65.9. The van der Waals surface area contributed by atoms with Crippen LogP contribution in [0.3, 0.4) is 0 Å². The highest BCUT2D eigenvalue weighted by Crippen LogP contribution is 2.36. The topological polar surface area (TPSA) is 67.8 Å². The van der Waals surface area contributed by atoms with Crippen LogP contribution < -0.4 is 14.8 Å². The molecule has 5 nitrogen and oxygen atoms in total. The third-order valence-corrected chi connectivity index (χ3v) is 5.69. The van der Waals surface area contributed by atoms with Crippen molar-refractivity contribution in [3.05, 3.63) is 88.7 Å². The lowest BCUT2D eigenvalue weighted by atomic mass is 9.99. The number of methoxy groups -OCH3 is 1. The molecule has 0 saturated heterocycles. The van der Waals surface area contributed by atoms with Gasteiger partial charge in [-0.25, -0.2) is 9.18 Å². The fraction of sp³-hybridized carbons (Fsp3) is 0.250. The van der Waals surface area contributed by atoms with Gasteiger partial charge in [-0.1, -0.05) is 18.2 Å². The molecule has 0 aromatic heterocycles. The van der Waals surface area contributed by atoms with Gasteiger partial charge in [0.2, 0.25) is 0 Å². The third-order valence-electron chi connectivity index (χ3n) is 5.69. The van der Waals surface area contributed by atoms with Crippen molar-refractivity contribution >= 4 is 12.0 Å². The average Bonchev–Trinajstić information content (AvgIpc) is 2.87. The van der Waals surface area contributed by atoms with E-state index in [2.05, 4.69) is 5.32 Å². The van der Waals surface area contributed by atoms with Gasteiger partial charge in [-0.3, -0.25) is 0 Å². The molecule has 0 saturated carbocycles. The molecular weight excluding hydrogens is 490 g/mol. The second kappa shape index (κ2) is 11.9. The summed E-state index contributed by atoms with van der Waals surface area (Å²) in [6.45, 7) is 3.71. The predicted molar refractivity (Wildman–Crippen MR) is 133 cm³/mol. The standard InChI is InChI=1S/C28H27F4NO4/c1-17(27(34)35)11-22-12-20(7-8-26(22)29)21-13-23(28(30,31)32)16-25(15-21)37-10-9-33-18(2)19-5-4-6-24(14-19)36-3/h4-8,11-16,18,33H,9-10H2,1-3H3,(H,34,35). The van der Waals surface area contributed by atoms with Gasteiger partial charge in [0, 0.05) is 23.7 Å². The summed E-state index contributed by atoms with van der Waals surface area (Å²) in [5, 5.41) is 12.3. The molecular formula is C28H27F4NO4. The predicted octanol–water partition coefficient (Wildman–Crippen LogP) is 6.74. The molecule has 0 amide bonds. The Morgan fingerprint density at radius 2 is 1.81 bits per heavy atom. The summed E-state index contributed by atoms with van der Waals surface area (Å²) in [5.74, 6) is -1.20. The van der Waals surface area contributed by atoms with E-state index in [-0.39, 0.29) is 40.7 Å². The highest BCUT2D eigenvalue weighted by atomic mass is 19.4. The molecule has 9 heteroatoms. The maximum atomic E-state index is 14.2. The number of rotatable bonds is 10. The SMILES string of the molecule is COc1cccc(C(C)NCCOc2cc(-c3ccc(F)c(C=C(C)C(=O)O)c3)cc(C(F)(F)F)c2)c1. The van der Waals surface area contributed by atoms with Crippen LogP contribution in [0.5, 0.6) is 11.5 Å². The summed E-state index contributed by atoms with van der Waals surface area (Å²) >= 11 is 0. The second-order valence-electron chi connectivity index (χ2n) is 8.41. The first kappa shape index (κ1) is 27.7. The number of hydrogen-bond acceptors (Lipinski definition) is 4. The fourth-order valence-electron chi connectivity index (χ4n) is 3.61. The summed E-state index contributed by atoms with van der Waals surface area (Å²) in [7, 11) is 1.58. The number of carboxylic acid groups (broad SMARTS) is 1. The van der Waals surface area contributed by atoms with Crippen LogP contribution in [0, 0.1) is 5.82 Å². The third kappa shape index (κ3) is 7.57. The Morgan fingerprint density at radius 1 is 1.05 bits per heavy atom. The quantitative estimate of drug-likeness (QED) is 0.177. The number of aliphatic carboxylic acids is 1. The molecule has 196 valence electrons. The van der Waals surface area contributed by atoms with Crippen LogP contribution in [0.4, 0.5) is 17.6 Å². The Morgan fingerprint density at radius 3 is 2.49 bits per heavy atom. The van der Waals surface area contributed by atoms with E-state index in [4.69, 9.17) is 14.6 Å². The van der Waals surface area contributed by atoms with E-state index in [0.717, 1.165) is 35.6 Å². The van der Waals surface area contributed by atoms with Gasteiger partial charge in [-0.05, 0) is 79.1 Å². The van der Waals surface area contributed by atoms with E-state index >= 15 is 0 Å². The monoisotopic (exact) mass is 517 g/mol. The van der Waals surface area contributed by atoms with Gasteiger partial charge >= 0.3 is 12.1 Å². The van der Waals surface area contributed by atoms with Crippen LogP contribution in [0.25, 0.3) is 17.2 Å². The van der Waals surface area contributed by atoms with Gasteiger partial charge in [0.1, 0.15) is 23.9 Å². The van der Waals surface area contributed by atoms with Crippen molar-refractivity contribution in [3.8, 4) is 22.6 Å². The number of halogens is 4. The molecule has 0 bridgehead atoms. The highest BCUT2D eigenvalue weighted by Gasteiger charge is 2.31. The molecule has 0 aliphatic heterocycles. The maximum Gasteiger partial charge on any atom is 0.416 e. The largest absolute Gasteiger partial charge is 0.497 e. The number of benzene rings is 3. The summed E-state index contributed by atoms with van der Waals surface area (Å²) in [4.78, 5) is 11.1. The van der Waals surface area contributed by atoms with Crippen molar-refractivity contribution in [1.82, 2.24) is 5.32 Å². The Hall–Kier alpha value is -3.85. The molecule has 3 aromatic rings. The van der Waals surface area contributed by atoms with E-state index in [0.29, 0.717) is 6.54 Å². The van der Waals surface area contributed by atoms with Crippen molar-refractivity contribution in [2.75, 3.05) is 20.3 Å². The number of ether oxygens (including phenoxy) is 2. The zero-order chi connectivity index (χ0) is 27.2. The van der Waals surface area contributed by atoms with Crippen molar-refractivity contribution in [1.29, 1.82) is 0 Å². The maximum absolute atomic E-state index is 14.2. The molecule has 0 aliphatic carbocycles. The lowest BCUT2D eigenvalue weighted by Gasteiger charge is -2.17. The molecule has 0 heterocycles. The Labute approximate surface area is 212 Å². The van der Waals surface area contributed by atoms with Crippen LogP contribution in [-0.4, -0.2) is 31.3 Å². The first-order valence-corrected chi connectivity index (χ1v) is 11.4. The normalized spacial score (nSPS) is 12.8. The Balaban J connectivity index is 1.79. The number of hydrogen-bond donors (Lipinski definition) is 2. The average molecular weight is 518 g/mol. The van der Waals surface area contributed by atoms with E-state index in [9.17, 15) is 22.4 Å². The fourth-order valence-corrected chi connectivity index (χ4v) is 3.61. The molecule has 3 rings (SSSR count). The number of carbonyl (C=O) groups is 1. The molecule has 2 N–H and O–H groups in total. The van der Waals surface area contributed by atoms with E-state index in [1.54, 1.807) is 7.11 Å². The van der Waals surface area contributed by atoms with Crippen LogP contribution in [0.15, 0.2) is 66.2 Å². The van der Waals surface area contributed by atoms with Gasteiger partial charge < -0.3 is 19.9 Å². The molecule has 0 fully saturated rings. The smallest absolute Gasteiger partial charge is 0.416 e. The molecule has 1 atom stereocenters. The lowest BCUT2D eigenvalue weighted by molar-refractivity contribution is -0.137.